The fraction of sp³-hybridized carbons (Fsp3) is 0.429. The second-order valence-electron chi connectivity index (χ2n) is 4.57. The van der Waals surface area contributed by atoms with Crippen molar-refractivity contribution >= 4 is 11.8 Å². The van der Waals surface area contributed by atoms with Gasteiger partial charge in [-0.15, -0.1) is 0 Å². The summed E-state index contributed by atoms with van der Waals surface area (Å²) in [6.45, 7) is 2.34. The Morgan fingerprint density at radius 1 is 1.26 bits per heavy atom. The third-order valence-corrected chi connectivity index (χ3v) is 2.76. The maximum atomic E-state index is 11.5. The molecular weight excluding hydrogens is 242 g/mol. The van der Waals surface area contributed by atoms with Gasteiger partial charge in [-0.3, -0.25) is 9.59 Å². The summed E-state index contributed by atoms with van der Waals surface area (Å²) in [6.07, 6.45) is 1.12. The number of hydrogen-bond donors (Lipinski definition) is 3. The minimum absolute atomic E-state index is 0.00678. The highest BCUT2D eigenvalue weighted by atomic mass is 16.2. The molecule has 0 bridgehead atoms. The minimum atomic E-state index is -0.118. The number of carbonyl (C=O) groups is 2. The van der Waals surface area contributed by atoms with Crippen molar-refractivity contribution < 1.29 is 9.59 Å². The van der Waals surface area contributed by atoms with Crippen LogP contribution < -0.4 is 16.4 Å². The molecule has 1 rings (SSSR count). The zero-order chi connectivity index (χ0) is 14.3. The van der Waals surface area contributed by atoms with Gasteiger partial charge in [0, 0.05) is 31.6 Å². The number of hydrogen-bond acceptors (Lipinski definition) is 3. The Morgan fingerprint density at radius 3 is 2.42 bits per heavy atom. The van der Waals surface area contributed by atoms with Gasteiger partial charge in [-0.2, -0.15) is 0 Å². The predicted octanol–water partition coefficient (Wildman–Crippen LogP) is 0.790. The van der Waals surface area contributed by atoms with Gasteiger partial charge < -0.3 is 16.4 Å². The van der Waals surface area contributed by atoms with Crippen molar-refractivity contribution in [3.05, 3.63) is 35.4 Å². The summed E-state index contributed by atoms with van der Waals surface area (Å²) in [6, 6.07) is 7.18. The summed E-state index contributed by atoms with van der Waals surface area (Å²) >= 11 is 0. The molecule has 5 nitrogen and oxygen atoms in total. The number of nitrogens with two attached hydrogens (primary N) is 1. The highest BCUT2D eigenvalue weighted by molar-refractivity contribution is 5.93. The van der Waals surface area contributed by atoms with Gasteiger partial charge in [0.05, 0.1) is 0 Å². The van der Waals surface area contributed by atoms with E-state index in [0.29, 0.717) is 24.9 Å². The first-order valence-electron chi connectivity index (χ1n) is 6.36. The molecule has 0 saturated carbocycles. The Bertz CT molecular complexity index is 427. The topological polar surface area (TPSA) is 84.2 Å². The fourth-order valence-corrected chi connectivity index (χ4v) is 1.57. The van der Waals surface area contributed by atoms with Crippen LogP contribution in [-0.2, 0) is 11.3 Å². The van der Waals surface area contributed by atoms with E-state index >= 15 is 0 Å². The largest absolute Gasteiger partial charge is 0.355 e. The smallest absolute Gasteiger partial charge is 0.251 e. The van der Waals surface area contributed by atoms with Crippen molar-refractivity contribution in [3.63, 3.8) is 0 Å². The lowest BCUT2D eigenvalue weighted by molar-refractivity contribution is -0.121. The SMILES string of the molecule is CNC(=O)c1ccc(CNC(=O)CCC(C)N)cc1. The third-order valence-electron chi connectivity index (χ3n) is 2.76. The Hall–Kier alpha value is -1.88. The van der Waals surface area contributed by atoms with E-state index in [4.69, 9.17) is 5.73 Å². The molecule has 0 heterocycles. The molecule has 0 radical (unpaired) electrons. The lowest BCUT2D eigenvalue weighted by atomic mass is 10.1. The molecule has 5 heteroatoms. The van der Waals surface area contributed by atoms with Gasteiger partial charge in [0.25, 0.3) is 5.91 Å². The third kappa shape index (κ3) is 5.52. The summed E-state index contributed by atoms with van der Waals surface area (Å²) < 4.78 is 0. The van der Waals surface area contributed by atoms with Crippen LogP contribution in [0.2, 0.25) is 0 Å². The van der Waals surface area contributed by atoms with Crippen molar-refractivity contribution in [2.75, 3.05) is 7.05 Å². The van der Waals surface area contributed by atoms with Crippen LogP contribution in [-0.4, -0.2) is 24.9 Å². The van der Waals surface area contributed by atoms with Gasteiger partial charge in [-0.05, 0) is 31.0 Å². The number of benzene rings is 1. The van der Waals surface area contributed by atoms with Crippen LogP contribution >= 0.6 is 0 Å². The zero-order valence-corrected chi connectivity index (χ0v) is 11.4. The molecule has 0 fully saturated rings. The molecule has 0 aliphatic rings. The molecule has 104 valence electrons. The number of amides is 2. The zero-order valence-electron chi connectivity index (χ0n) is 11.4. The lowest BCUT2D eigenvalue weighted by Crippen LogP contribution is -2.25. The lowest BCUT2D eigenvalue weighted by Gasteiger charge is -2.07. The molecule has 1 aromatic carbocycles. The normalized spacial score (nSPS) is 11.7. The second kappa shape index (κ2) is 7.53. The van der Waals surface area contributed by atoms with Crippen molar-refractivity contribution in [3.8, 4) is 0 Å². The first kappa shape index (κ1) is 15.2. The monoisotopic (exact) mass is 263 g/mol. The maximum Gasteiger partial charge on any atom is 0.251 e. The summed E-state index contributed by atoms with van der Waals surface area (Å²) in [5, 5.41) is 5.38. The molecule has 19 heavy (non-hydrogen) atoms. The summed E-state index contributed by atoms with van der Waals surface area (Å²) in [5.74, 6) is -0.125. The van der Waals surface area contributed by atoms with Crippen molar-refractivity contribution in [2.24, 2.45) is 5.73 Å². The van der Waals surface area contributed by atoms with Gasteiger partial charge >= 0.3 is 0 Å². The van der Waals surface area contributed by atoms with E-state index in [1.165, 1.54) is 0 Å². The Kier molecular flexibility index (Phi) is 6.02. The van der Waals surface area contributed by atoms with E-state index in [0.717, 1.165) is 5.56 Å². The first-order chi connectivity index (χ1) is 9.02. The summed E-state index contributed by atoms with van der Waals surface area (Å²) in [5.41, 5.74) is 7.15. The molecule has 0 aliphatic heterocycles. The van der Waals surface area contributed by atoms with Crippen molar-refractivity contribution in [1.29, 1.82) is 0 Å². The molecule has 1 unspecified atom stereocenters. The number of carbonyl (C=O) groups excluding carboxylic acids is 2. The van der Waals surface area contributed by atoms with E-state index < -0.39 is 0 Å². The average Bonchev–Trinajstić information content (AvgIpc) is 2.42. The van der Waals surface area contributed by atoms with Crippen LogP contribution in [0.5, 0.6) is 0 Å². The molecule has 1 atom stereocenters. The second-order valence-corrected chi connectivity index (χ2v) is 4.57. The fourth-order valence-electron chi connectivity index (χ4n) is 1.57. The first-order valence-corrected chi connectivity index (χ1v) is 6.36. The van der Waals surface area contributed by atoms with E-state index in [9.17, 15) is 9.59 Å². The highest BCUT2D eigenvalue weighted by Crippen LogP contribution is 2.04. The van der Waals surface area contributed by atoms with E-state index in [1.807, 2.05) is 19.1 Å². The predicted molar refractivity (Wildman–Crippen MR) is 74.6 cm³/mol. The Morgan fingerprint density at radius 2 is 1.89 bits per heavy atom. The quantitative estimate of drug-likeness (QED) is 0.709. The minimum Gasteiger partial charge on any atom is -0.355 e. The van der Waals surface area contributed by atoms with Gasteiger partial charge in [0.1, 0.15) is 0 Å². The molecule has 1 aromatic rings. The molecule has 4 N–H and O–H groups in total. The van der Waals surface area contributed by atoms with Gasteiger partial charge in [-0.1, -0.05) is 12.1 Å². The van der Waals surface area contributed by atoms with Crippen LogP contribution in [0.1, 0.15) is 35.7 Å². The highest BCUT2D eigenvalue weighted by Gasteiger charge is 2.05. The van der Waals surface area contributed by atoms with Crippen LogP contribution in [0.25, 0.3) is 0 Å². The summed E-state index contributed by atoms with van der Waals surface area (Å²) in [4.78, 5) is 22.9. The number of rotatable bonds is 6. The standard InChI is InChI=1S/C14H21N3O2/c1-10(15)3-8-13(18)17-9-11-4-6-12(7-5-11)14(19)16-2/h4-7,10H,3,8-9,15H2,1-2H3,(H,16,19)(H,17,18). The molecule has 0 spiro atoms. The maximum absolute atomic E-state index is 11.5. The van der Waals surface area contributed by atoms with E-state index in [2.05, 4.69) is 10.6 Å². The molecule has 2 amide bonds. The van der Waals surface area contributed by atoms with Crippen LogP contribution in [0.3, 0.4) is 0 Å². The van der Waals surface area contributed by atoms with Crippen LogP contribution in [0.15, 0.2) is 24.3 Å². The molecule has 0 saturated heterocycles. The summed E-state index contributed by atoms with van der Waals surface area (Å²) in [7, 11) is 1.59. The van der Waals surface area contributed by atoms with Gasteiger partial charge in [0.15, 0.2) is 0 Å². The van der Waals surface area contributed by atoms with Gasteiger partial charge in [-0.25, -0.2) is 0 Å². The molecular formula is C14H21N3O2. The molecule has 0 aromatic heterocycles. The Balaban J connectivity index is 2.41. The van der Waals surface area contributed by atoms with Crippen molar-refractivity contribution in [1.82, 2.24) is 10.6 Å². The van der Waals surface area contributed by atoms with E-state index in [-0.39, 0.29) is 17.9 Å². The van der Waals surface area contributed by atoms with Crippen LogP contribution in [0.4, 0.5) is 0 Å². The van der Waals surface area contributed by atoms with E-state index in [1.54, 1.807) is 19.2 Å². The van der Waals surface area contributed by atoms with Crippen molar-refractivity contribution in [2.45, 2.75) is 32.4 Å². The molecule has 0 aliphatic carbocycles. The Labute approximate surface area is 113 Å². The van der Waals surface area contributed by atoms with Crippen LogP contribution in [0, 0.1) is 0 Å². The number of nitrogens with one attached hydrogen (secondary N) is 2. The van der Waals surface area contributed by atoms with Gasteiger partial charge in [0.2, 0.25) is 5.91 Å². The average molecular weight is 263 g/mol.